The number of hydrogen-bond donors (Lipinski definition) is 3. The van der Waals surface area contributed by atoms with Gasteiger partial charge < -0.3 is 20.6 Å². The molecule has 0 fully saturated rings. The molecule has 0 unspecified atom stereocenters. The Kier molecular flexibility index (Phi) is 5.19. The van der Waals surface area contributed by atoms with Crippen molar-refractivity contribution in [3.05, 3.63) is 54.2 Å². The molecule has 4 N–H and O–H groups in total. The van der Waals surface area contributed by atoms with Crippen LogP contribution in [0.25, 0.3) is 10.9 Å². The molecule has 0 saturated heterocycles. The Morgan fingerprint density at radius 2 is 2.16 bits per heavy atom. The van der Waals surface area contributed by atoms with E-state index in [1.54, 1.807) is 12.5 Å². The normalized spacial score (nSPS) is 12.6. The first-order valence-corrected chi connectivity index (χ1v) is 8.62. The Balaban J connectivity index is 1.59. The molecule has 1 amide bonds. The van der Waals surface area contributed by atoms with E-state index in [4.69, 9.17) is 5.73 Å². The Morgan fingerprint density at radius 1 is 1.36 bits per heavy atom. The second-order valence-corrected chi connectivity index (χ2v) is 6.82. The minimum Gasteiger partial charge on any atom is -0.361 e. The molecule has 0 aliphatic heterocycles. The number of imidazole rings is 1. The van der Waals surface area contributed by atoms with Gasteiger partial charge in [0, 0.05) is 29.8 Å². The van der Waals surface area contributed by atoms with Gasteiger partial charge in [-0.25, -0.2) is 4.98 Å². The molecule has 1 aromatic carbocycles. The lowest BCUT2D eigenvalue weighted by Gasteiger charge is -2.14. The number of nitrogens with two attached hydrogens (primary N) is 1. The Labute approximate surface area is 147 Å². The highest BCUT2D eigenvalue weighted by atomic mass is 16.2. The minimum absolute atomic E-state index is 0.150. The molecule has 1 atom stereocenters. The zero-order valence-corrected chi connectivity index (χ0v) is 14.7. The molecule has 0 aliphatic rings. The summed E-state index contributed by atoms with van der Waals surface area (Å²) in [5, 5.41) is 4.04. The molecule has 0 aliphatic carbocycles. The number of fused-ring (bicyclic) bond motifs is 1. The molecule has 3 aromatic rings. The highest BCUT2D eigenvalue weighted by Crippen LogP contribution is 2.18. The van der Waals surface area contributed by atoms with Crippen LogP contribution in [0.5, 0.6) is 0 Å². The van der Waals surface area contributed by atoms with E-state index in [1.165, 1.54) is 0 Å². The number of nitrogens with one attached hydrogen (secondary N) is 2. The van der Waals surface area contributed by atoms with Crippen molar-refractivity contribution in [1.29, 1.82) is 0 Å². The summed E-state index contributed by atoms with van der Waals surface area (Å²) >= 11 is 0. The van der Waals surface area contributed by atoms with Crippen molar-refractivity contribution >= 4 is 16.8 Å². The average molecular weight is 339 g/mol. The number of amides is 1. The van der Waals surface area contributed by atoms with E-state index in [2.05, 4.69) is 33.7 Å². The van der Waals surface area contributed by atoms with Crippen LogP contribution in [-0.2, 0) is 24.3 Å². The number of rotatable bonds is 7. The van der Waals surface area contributed by atoms with Crippen molar-refractivity contribution in [3.63, 3.8) is 0 Å². The van der Waals surface area contributed by atoms with Crippen molar-refractivity contribution in [1.82, 2.24) is 19.9 Å². The van der Waals surface area contributed by atoms with Gasteiger partial charge in [0.2, 0.25) is 5.91 Å². The van der Waals surface area contributed by atoms with Crippen LogP contribution in [0, 0.1) is 5.92 Å². The molecule has 0 bridgehead atoms. The fourth-order valence-corrected chi connectivity index (χ4v) is 2.99. The van der Waals surface area contributed by atoms with Gasteiger partial charge in [-0.3, -0.25) is 4.79 Å². The third-order valence-electron chi connectivity index (χ3n) is 4.26. The van der Waals surface area contributed by atoms with Gasteiger partial charge in [-0.1, -0.05) is 32.0 Å². The molecule has 0 radical (unpaired) electrons. The Bertz CT molecular complexity index is 848. The van der Waals surface area contributed by atoms with Crippen LogP contribution < -0.4 is 11.1 Å². The van der Waals surface area contributed by atoms with E-state index < -0.39 is 6.04 Å². The highest BCUT2D eigenvalue weighted by molar-refractivity contribution is 5.86. The molecule has 6 nitrogen and oxygen atoms in total. The first-order valence-electron chi connectivity index (χ1n) is 8.62. The summed E-state index contributed by atoms with van der Waals surface area (Å²) in [5.41, 5.74) is 9.21. The number of benzene rings is 1. The molecular weight excluding hydrogens is 314 g/mol. The first-order chi connectivity index (χ1) is 12.0. The molecule has 3 rings (SSSR count). The molecule has 0 spiro atoms. The maximum absolute atomic E-state index is 12.4. The predicted octanol–water partition coefficient (Wildman–Crippen LogP) is 2.21. The minimum atomic E-state index is -0.583. The quantitative estimate of drug-likeness (QED) is 0.616. The summed E-state index contributed by atoms with van der Waals surface area (Å²) in [5.74, 6) is 0.371. The summed E-state index contributed by atoms with van der Waals surface area (Å²) in [7, 11) is 0. The van der Waals surface area contributed by atoms with Crippen LogP contribution in [0.2, 0.25) is 0 Å². The van der Waals surface area contributed by atoms with Crippen LogP contribution >= 0.6 is 0 Å². The fourth-order valence-electron chi connectivity index (χ4n) is 2.99. The maximum atomic E-state index is 12.4. The van der Waals surface area contributed by atoms with Crippen molar-refractivity contribution < 1.29 is 4.79 Å². The van der Waals surface area contributed by atoms with Crippen molar-refractivity contribution in [2.75, 3.05) is 0 Å². The zero-order valence-electron chi connectivity index (χ0n) is 14.7. The number of para-hydroxylation sites is 1. The van der Waals surface area contributed by atoms with E-state index in [9.17, 15) is 4.79 Å². The van der Waals surface area contributed by atoms with Gasteiger partial charge in [0.15, 0.2) is 0 Å². The number of H-pyrrole nitrogens is 1. The maximum Gasteiger partial charge on any atom is 0.237 e. The molecule has 2 heterocycles. The van der Waals surface area contributed by atoms with Gasteiger partial charge in [-0.05, 0) is 24.0 Å². The van der Waals surface area contributed by atoms with Crippen molar-refractivity contribution in [2.24, 2.45) is 11.7 Å². The largest absolute Gasteiger partial charge is 0.361 e. The van der Waals surface area contributed by atoms with E-state index in [0.717, 1.165) is 28.7 Å². The molecule has 2 aromatic heterocycles. The van der Waals surface area contributed by atoms with E-state index in [1.807, 2.05) is 30.5 Å². The smallest absolute Gasteiger partial charge is 0.237 e. The Morgan fingerprint density at radius 3 is 2.96 bits per heavy atom. The summed E-state index contributed by atoms with van der Waals surface area (Å²) in [4.78, 5) is 19.7. The van der Waals surface area contributed by atoms with E-state index >= 15 is 0 Å². The zero-order chi connectivity index (χ0) is 17.8. The van der Waals surface area contributed by atoms with Gasteiger partial charge in [0.1, 0.15) is 0 Å². The second kappa shape index (κ2) is 7.53. The van der Waals surface area contributed by atoms with Crippen molar-refractivity contribution in [3.8, 4) is 0 Å². The summed E-state index contributed by atoms with van der Waals surface area (Å²) < 4.78 is 2.07. The first kappa shape index (κ1) is 17.2. The fraction of sp³-hybridized carbons (Fsp3) is 0.368. The molecule has 0 saturated carbocycles. The highest BCUT2D eigenvalue weighted by Gasteiger charge is 2.16. The van der Waals surface area contributed by atoms with Crippen LogP contribution in [0.15, 0.2) is 43.0 Å². The second-order valence-electron chi connectivity index (χ2n) is 6.82. The Hall–Kier alpha value is -2.60. The third kappa shape index (κ3) is 4.09. The summed E-state index contributed by atoms with van der Waals surface area (Å²) in [6.45, 7) is 5.62. The lowest BCUT2D eigenvalue weighted by Crippen LogP contribution is -2.41. The monoisotopic (exact) mass is 339 g/mol. The third-order valence-corrected chi connectivity index (χ3v) is 4.26. The van der Waals surface area contributed by atoms with Crippen LogP contribution in [0.4, 0.5) is 0 Å². The van der Waals surface area contributed by atoms with Gasteiger partial charge in [-0.15, -0.1) is 0 Å². The topological polar surface area (TPSA) is 88.7 Å². The number of aromatic nitrogens is 3. The summed E-state index contributed by atoms with van der Waals surface area (Å²) in [6.07, 6.45) is 6.01. The number of aromatic amines is 1. The van der Waals surface area contributed by atoms with Gasteiger partial charge in [0.05, 0.1) is 24.6 Å². The molecule has 6 heteroatoms. The van der Waals surface area contributed by atoms with E-state index in [0.29, 0.717) is 18.9 Å². The van der Waals surface area contributed by atoms with E-state index in [-0.39, 0.29) is 5.91 Å². The number of hydrogen-bond acceptors (Lipinski definition) is 3. The van der Waals surface area contributed by atoms with Gasteiger partial charge in [0.25, 0.3) is 0 Å². The number of carbonyl (C=O) groups excluding carboxylic acids is 1. The van der Waals surface area contributed by atoms with Crippen LogP contribution in [0.1, 0.15) is 25.1 Å². The summed E-state index contributed by atoms with van der Waals surface area (Å²) in [6, 6.07) is 7.44. The SMILES string of the molecule is CC(C)Cn1cncc1CNC(=O)[C@H](N)Cc1c[nH]c2ccccc12. The molecular formula is C19H25N5O. The lowest BCUT2D eigenvalue weighted by molar-refractivity contribution is -0.122. The average Bonchev–Trinajstić information content (AvgIpc) is 3.19. The lowest BCUT2D eigenvalue weighted by atomic mass is 10.1. The van der Waals surface area contributed by atoms with Crippen LogP contribution in [-0.4, -0.2) is 26.5 Å². The number of carbonyl (C=O) groups is 1. The predicted molar refractivity (Wildman–Crippen MR) is 98.9 cm³/mol. The standard InChI is InChI=1S/C19H25N5O/c1-13(2)11-24-12-21-9-15(24)10-23-19(25)17(20)7-14-8-22-18-6-4-3-5-16(14)18/h3-6,8-9,12-13,17,22H,7,10-11,20H2,1-2H3,(H,23,25)/t17-/m1/s1. The van der Waals surface area contributed by atoms with Crippen molar-refractivity contribution in [2.45, 2.75) is 39.4 Å². The van der Waals surface area contributed by atoms with Crippen LogP contribution in [0.3, 0.4) is 0 Å². The van der Waals surface area contributed by atoms with Gasteiger partial charge in [-0.2, -0.15) is 0 Å². The molecule has 132 valence electrons. The van der Waals surface area contributed by atoms with Gasteiger partial charge >= 0.3 is 0 Å². The molecule has 25 heavy (non-hydrogen) atoms. The number of nitrogens with zero attached hydrogens (tertiary/aromatic N) is 2.